The smallest absolute Gasteiger partial charge is 0.162 e. The average Bonchev–Trinajstić information content (AvgIpc) is 2.48. The van der Waals surface area contributed by atoms with Crippen LogP contribution in [0.4, 0.5) is 0 Å². The number of benzene rings is 1. The maximum atomic E-state index is 10.5. The molecule has 0 unspecified atom stereocenters. The predicted octanol–water partition coefficient (Wildman–Crippen LogP) is 3.41. The first-order chi connectivity index (χ1) is 9.72. The molecule has 2 atom stereocenters. The van der Waals surface area contributed by atoms with Gasteiger partial charge in [0.15, 0.2) is 6.29 Å². The van der Waals surface area contributed by atoms with E-state index in [1.807, 2.05) is 18.2 Å². The van der Waals surface area contributed by atoms with Crippen molar-refractivity contribution < 1.29 is 14.6 Å². The quantitative estimate of drug-likeness (QED) is 0.527. The highest BCUT2D eigenvalue weighted by Crippen LogP contribution is 2.22. The summed E-state index contributed by atoms with van der Waals surface area (Å²) in [5, 5.41) is 10.5. The van der Waals surface area contributed by atoms with Gasteiger partial charge in [-0.15, -0.1) is 0 Å². The van der Waals surface area contributed by atoms with E-state index in [0.717, 1.165) is 32.1 Å². The van der Waals surface area contributed by atoms with Crippen molar-refractivity contribution in [3.63, 3.8) is 0 Å². The summed E-state index contributed by atoms with van der Waals surface area (Å²) in [5.74, 6) is -0.0377. The molecule has 1 aromatic rings. The van der Waals surface area contributed by atoms with E-state index in [0.29, 0.717) is 0 Å². The van der Waals surface area contributed by atoms with Crippen molar-refractivity contribution in [2.75, 3.05) is 14.2 Å². The van der Waals surface area contributed by atoms with Gasteiger partial charge in [-0.3, -0.25) is 0 Å². The van der Waals surface area contributed by atoms with Crippen LogP contribution in [-0.4, -0.2) is 31.7 Å². The monoisotopic (exact) mass is 280 g/mol. The molecule has 20 heavy (non-hydrogen) atoms. The molecule has 1 N–H and O–H groups in total. The number of hydrogen-bond donors (Lipinski definition) is 1. The topological polar surface area (TPSA) is 38.7 Å². The Morgan fingerprint density at radius 1 is 1.05 bits per heavy atom. The van der Waals surface area contributed by atoms with E-state index < -0.39 is 6.10 Å². The van der Waals surface area contributed by atoms with Gasteiger partial charge in [0.1, 0.15) is 0 Å². The van der Waals surface area contributed by atoms with Crippen LogP contribution < -0.4 is 0 Å². The van der Waals surface area contributed by atoms with E-state index in [4.69, 9.17) is 9.47 Å². The molecular weight excluding hydrogens is 252 g/mol. The fourth-order valence-electron chi connectivity index (χ4n) is 2.56. The third-order valence-corrected chi connectivity index (χ3v) is 3.73. The lowest BCUT2D eigenvalue weighted by Gasteiger charge is -2.29. The summed E-state index contributed by atoms with van der Waals surface area (Å²) in [4.78, 5) is 0. The van der Waals surface area contributed by atoms with E-state index in [1.165, 1.54) is 5.56 Å². The Bertz CT molecular complexity index is 335. The Hall–Kier alpha value is -0.900. The summed E-state index contributed by atoms with van der Waals surface area (Å²) in [6, 6.07) is 10.2. The van der Waals surface area contributed by atoms with Crippen LogP contribution in [0.2, 0.25) is 0 Å². The van der Waals surface area contributed by atoms with E-state index in [9.17, 15) is 5.11 Å². The summed E-state index contributed by atoms with van der Waals surface area (Å²) in [7, 11) is 3.26. The van der Waals surface area contributed by atoms with Crippen molar-refractivity contribution in [1.29, 1.82) is 0 Å². The summed E-state index contributed by atoms with van der Waals surface area (Å²) in [5.41, 5.74) is 1.20. The van der Waals surface area contributed by atoms with Crippen molar-refractivity contribution in [1.82, 2.24) is 0 Å². The molecule has 0 bridgehead atoms. The molecular formula is C17H28O3. The first-order valence-electron chi connectivity index (χ1n) is 7.50. The van der Waals surface area contributed by atoms with Crippen molar-refractivity contribution in [2.45, 2.75) is 51.4 Å². The van der Waals surface area contributed by atoms with Gasteiger partial charge in [-0.2, -0.15) is 0 Å². The van der Waals surface area contributed by atoms with E-state index in [1.54, 1.807) is 14.2 Å². The van der Waals surface area contributed by atoms with Gasteiger partial charge in [-0.05, 0) is 18.4 Å². The minimum Gasteiger partial charge on any atom is -0.393 e. The molecule has 0 aliphatic carbocycles. The molecule has 0 fully saturated rings. The molecule has 1 rings (SSSR count). The van der Waals surface area contributed by atoms with Crippen LogP contribution in [0.25, 0.3) is 0 Å². The minimum atomic E-state index is -0.397. The lowest BCUT2D eigenvalue weighted by atomic mass is 9.90. The molecule has 3 heteroatoms. The Morgan fingerprint density at radius 3 is 2.25 bits per heavy atom. The van der Waals surface area contributed by atoms with Crippen LogP contribution in [0, 0.1) is 5.92 Å². The molecule has 0 amide bonds. The number of ether oxygens (including phenoxy) is 2. The number of unbranched alkanes of at least 4 members (excludes halogenated alkanes) is 2. The highest BCUT2D eigenvalue weighted by molar-refractivity contribution is 5.15. The van der Waals surface area contributed by atoms with E-state index >= 15 is 0 Å². The summed E-state index contributed by atoms with van der Waals surface area (Å²) in [6.45, 7) is 2.17. The lowest BCUT2D eigenvalue weighted by Crippen LogP contribution is -2.36. The average molecular weight is 280 g/mol. The second kappa shape index (κ2) is 9.92. The van der Waals surface area contributed by atoms with Crippen LogP contribution in [0.5, 0.6) is 0 Å². The minimum absolute atomic E-state index is 0.0377. The molecule has 0 aliphatic rings. The normalized spacial score (nSPS) is 14.4. The Labute approximate surface area is 122 Å². The molecule has 0 spiro atoms. The maximum Gasteiger partial charge on any atom is 0.162 e. The van der Waals surface area contributed by atoms with Crippen molar-refractivity contribution in [3.05, 3.63) is 35.9 Å². The van der Waals surface area contributed by atoms with Crippen LogP contribution in [0.3, 0.4) is 0 Å². The number of rotatable bonds is 10. The Kier molecular flexibility index (Phi) is 8.51. The molecule has 0 aromatic heterocycles. The molecule has 0 saturated carbocycles. The summed E-state index contributed by atoms with van der Waals surface area (Å²) >= 11 is 0. The predicted molar refractivity (Wildman–Crippen MR) is 81.6 cm³/mol. The summed E-state index contributed by atoms with van der Waals surface area (Å²) < 4.78 is 10.8. The van der Waals surface area contributed by atoms with E-state index in [2.05, 4.69) is 19.1 Å². The second-order valence-electron chi connectivity index (χ2n) is 5.26. The zero-order valence-electron chi connectivity index (χ0n) is 12.9. The van der Waals surface area contributed by atoms with Gasteiger partial charge in [0, 0.05) is 20.1 Å². The van der Waals surface area contributed by atoms with Gasteiger partial charge in [-0.1, -0.05) is 56.5 Å². The van der Waals surface area contributed by atoms with Crippen molar-refractivity contribution >= 4 is 0 Å². The van der Waals surface area contributed by atoms with Crippen LogP contribution in [0.1, 0.15) is 38.2 Å². The van der Waals surface area contributed by atoms with Gasteiger partial charge in [0.2, 0.25) is 0 Å². The van der Waals surface area contributed by atoms with Gasteiger partial charge in [0.25, 0.3) is 0 Å². The van der Waals surface area contributed by atoms with E-state index in [-0.39, 0.29) is 12.2 Å². The van der Waals surface area contributed by atoms with Crippen LogP contribution >= 0.6 is 0 Å². The zero-order chi connectivity index (χ0) is 14.8. The maximum absolute atomic E-state index is 10.5. The first kappa shape index (κ1) is 17.2. The molecule has 0 heterocycles. The van der Waals surface area contributed by atoms with Gasteiger partial charge in [0.05, 0.1) is 6.10 Å². The standard InChI is InChI=1S/C17H28O3/c1-4-5-7-12-16(18)15(17(19-2)20-3)13-14-10-8-6-9-11-14/h6,8-11,15-18H,4-5,7,12-13H2,1-3H3/t15-,16+/m1/s1. The molecule has 114 valence electrons. The summed E-state index contributed by atoms with van der Waals surface area (Å²) in [6.07, 6.45) is 4.16. The number of aliphatic hydroxyl groups is 1. The number of hydrogen-bond acceptors (Lipinski definition) is 3. The van der Waals surface area contributed by atoms with Gasteiger partial charge < -0.3 is 14.6 Å². The molecule has 0 saturated heterocycles. The largest absolute Gasteiger partial charge is 0.393 e. The molecule has 1 aromatic carbocycles. The fraction of sp³-hybridized carbons (Fsp3) is 0.647. The Balaban J connectivity index is 2.68. The third kappa shape index (κ3) is 5.61. The van der Waals surface area contributed by atoms with Gasteiger partial charge in [-0.25, -0.2) is 0 Å². The van der Waals surface area contributed by atoms with Gasteiger partial charge >= 0.3 is 0 Å². The lowest BCUT2D eigenvalue weighted by molar-refractivity contribution is -0.161. The SMILES string of the molecule is CCCCC[C@H](O)[C@@H](Cc1ccccc1)C(OC)OC. The van der Waals surface area contributed by atoms with Crippen molar-refractivity contribution in [3.8, 4) is 0 Å². The second-order valence-corrected chi connectivity index (χ2v) is 5.26. The highest BCUT2D eigenvalue weighted by Gasteiger charge is 2.28. The molecule has 0 radical (unpaired) electrons. The number of methoxy groups -OCH3 is 2. The third-order valence-electron chi connectivity index (χ3n) is 3.73. The number of aliphatic hydroxyl groups excluding tert-OH is 1. The highest BCUT2D eigenvalue weighted by atomic mass is 16.7. The molecule has 0 aliphatic heterocycles. The fourth-order valence-corrected chi connectivity index (χ4v) is 2.56. The Morgan fingerprint density at radius 2 is 1.70 bits per heavy atom. The van der Waals surface area contributed by atoms with Crippen LogP contribution in [0.15, 0.2) is 30.3 Å². The van der Waals surface area contributed by atoms with Crippen LogP contribution in [-0.2, 0) is 15.9 Å². The van der Waals surface area contributed by atoms with Crippen molar-refractivity contribution in [2.24, 2.45) is 5.92 Å². The molecule has 3 nitrogen and oxygen atoms in total. The first-order valence-corrected chi connectivity index (χ1v) is 7.50. The zero-order valence-corrected chi connectivity index (χ0v) is 12.9.